The second kappa shape index (κ2) is 8.67. The number of hydrogen-bond donors (Lipinski definition) is 0. The molecule has 0 radical (unpaired) electrons. The second-order valence-electron chi connectivity index (χ2n) is 4.06. The number of ether oxygens (including phenoxy) is 3. The fourth-order valence-corrected chi connectivity index (χ4v) is 1.65. The lowest BCUT2D eigenvalue weighted by Crippen LogP contribution is -2.06. The van der Waals surface area contributed by atoms with Gasteiger partial charge < -0.3 is 14.2 Å². The fraction of sp³-hybridized carbons (Fsp3) is 0.533. The molecule has 0 amide bonds. The molecule has 0 aromatic heterocycles. The summed E-state index contributed by atoms with van der Waals surface area (Å²) in [5.41, 5.74) is 1.57. The zero-order chi connectivity index (χ0) is 14.1. The maximum atomic E-state index is 11.4. The maximum absolute atomic E-state index is 11.4. The van der Waals surface area contributed by atoms with E-state index < -0.39 is 0 Å². The van der Waals surface area contributed by atoms with Gasteiger partial charge in [0.05, 0.1) is 26.4 Å². The molecule has 1 aromatic rings. The van der Waals surface area contributed by atoms with Crippen molar-refractivity contribution in [3.05, 3.63) is 29.3 Å². The van der Waals surface area contributed by atoms with Crippen LogP contribution in [0.5, 0.6) is 5.75 Å². The van der Waals surface area contributed by atoms with Gasteiger partial charge in [-0.3, -0.25) is 4.79 Å². The molecule has 0 fully saturated rings. The first-order chi connectivity index (χ1) is 9.19. The molecule has 0 heterocycles. The molecule has 0 aliphatic heterocycles. The van der Waals surface area contributed by atoms with Crippen molar-refractivity contribution in [2.24, 2.45) is 0 Å². The van der Waals surface area contributed by atoms with Crippen LogP contribution in [0, 0.1) is 0 Å². The van der Waals surface area contributed by atoms with Crippen LogP contribution < -0.4 is 4.74 Å². The highest BCUT2D eigenvalue weighted by Crippen LogP contribution is 2.21. The van der Waals surface area contributed by atoms with Gasteiger partial charge in [-0.25, -0.2) is 0 Å². The molecular formula is C15H22O4. The SMILES string of the molecule is CCOCCOCc1cc(C(C)=O)ccc1OCC. The number of Topliss-reactive ketones (excluding diaryl/α,β-unsaturated/α-hetero) is 1. The third-order valence-electron chi connectivity index (χ3n) is 2.60. The minimum absolute atomic E-state index is 0.0404. The number of carbonyl (C=O) groups is 1. The van der Waals surface area contributed by atoms with Crippen molar-refractivity contribution < 1.29 is 19.0 Å². The average molecular weight is 266 g/mol. The second-order valence-corrected chi connectivity index (χ2v) is 4.06. The predicted molar refractivity (Wildman–Crippen MR) is 73.8 cm³/mol. The van der Waals surface area contributed by atoms with Gasteiger partial charge in [-0.1, -0.05) is 0 Å². The van der Waals surface area contributed by atoms with Crippen LogP contribution in [0.3, 0.4) is 0 Å². The largest absolute Gasteiger partial charge is 0.494 e. The van der Waals surface area contributed by atoms with Crippen LogP contribution in [-0.4, -0.2) is 32.2 Å². The van der Waals surface area contributed by atoms with E-state index in [-0.39, 0.29) is 5.78 Å². The van der Waals surface area contributed by atoms with E-state index in [1.165, 1.54) is 0 Å². The Balaban J connectivity index is 2.65. The van der Waals surface area contributed by atoms with Gasteiger partial charge in [0.15, 0.2) is 5.78 Å². The molecule has 0 aliphatic rings. The molecule has 1 aromatic carbocycles. The van der Waals surface area contributed by atoms with E-state index in [9.17, 15) is 4.79 Å². The summed E-state index contributed by atoms with van der Waals surface area (Å²) < 4.78 is 16.3. The van der Waals surface area contributed by atoms with Gasteiger partial charge in [-0.05, 0) is 39.0 Å². The van der Waals surface area contributed by atoms with E-state index in [1.807, 2.05) is 26.0 Å². The van der Waals surface area contributed by atoms with Gasteiger partial charge in [0.25, 0.3) is 0 Å². The Morgan fingerprint density at radius 2 is 1.84 bits per heavy atom. The molecule has 0 N–H and O–H groups in total. The topological polar surface area (TPSA) is 44.8 Å². The molecule has 0 bridgehead atoms. The summed E-state index contributed by atoms with van der Waals surface area (Å²) in [6.07, 6.45) is 0. The van der Waals surface area contributed by atoms with Gasteiger partial charge in [0.1, 0.15) is 5.75 Å². The molecule has 0 aliphatic carbocycles. The number of carbonyl (C=O) groups excluding carboxylic acids is 1. The van der Waals surface area contributed by atoms with E-state index >= 15 is 0 Å². The van der Waals surface area contributed by atoms with Crippen LogP contribution in [0.4, 0.5) is 0 Å². The Kier molecular flexibility index (Phi) is 7.15. The predicted octanol–water partition coefficient (Wildman–Crippen LogP) is 2.84. The quantitative estimate of drug-likeness (QED) is 0.509. The molecule has 0 saturated carbocycles. The molecule has 0 saturated heterocycles. The third-order valence-corrected chi connectivity index (χ3v) is 2.60. The monoisotopic (exact) mass is 266 g/mol. The summed E-state index contributed by atoms with van der Waals surface area (Å²) in [5, 5.41) is 0. The van der Waals surface area contributed by atoms with Crippen molar-refractivity contribution in [3.63, 3.8) is 0 Å². The molecule has 0 atom stereocenters. The number of hydrogen-bond acceptors (Lipinski definition) is 4. The Morgan fingerprint density at radius 1 is 1.11 bits per heavy atom. The van der Waals surface area contributed by atoms with Crippen LogP contribution >= 0.6 is 0 Å². The van der Waals surface area contributed by atoms with Crippen molar-refractivity contribution in [1.29, 1.82) is 0 Å². The highest BCUT2D eigenvalue weighted by atomic mass is 16.5. The van der Waals surface area contributed by atoms with Crippen molar-refractivity contribution >= 4 is 5.78 Å². The van der Waals surface area contributed by atoms with Gasteiger partial charge in [-0.15, -0.1) is 0 Å². The summed E-state index contributed by atoms with van der Waals surface area (Å²) in [5.74, 6) is 0.808. The first-order valence-corrected chi connectivity index (χ1v) is 6.61. The average Bonchev–Trinajstić information content (AvgIpc) is 2.40. The Labute approximate surface area is 114 Å². The van der Waals surface area contributed by atoms with E-state index in [1.54, 1.807) is 13.0 Å². The Morgan fingerprint density at radius 3 is 2.47 bits per heavy atom. The van der Waals surface area contributed by atoms with Gasteiger partial charge >= 0.3 is 0 Å². The fourth-order valence-electron chi connectivity index (χ4n) is 1.65. The standard InChI is InChI=1S/C15H22O4/c1-4-17-8-9-18-11-14-10-13(12(3)16)6-7-15(14)19-5-2/h6-7,10H,4-5,8-9,11H2,1-3H3. The number of ketones is 1. The van der Waals surface area contributed by atoms with Crippen molar-refractivity contribution in [3.8, 4) is 5.75 Å². The summed E-state index contributed by atoms with van der Waals surface area (Å²) in [6.45, 7) is 8.23. The first kappa shape index (κ1) is 15.7. The van der Waals surface area contributed by atoms with Gasteiger partial charge in [0.2, 0.25) is 0 Å². The summed E-state index contributed by atoms with van der Waals surface area (Å²) in [7, 11) is 0. The Hall–Kier alpha value is -1.39. The summed E-state index contributed by atoms with van der Waals surface area (Å²) >= 11 is 0. The first-order valence-electron chi connectivity index (χ1n) is 6.61. The highest BCUT2D eigenvalue weighted by Gasteiger charge is 2.08. The van der Waals surface area contributed by atoms with Crippen LogP contribution in [0.25, 0.3) is 0 Å². The van der Waals surface area contributed by atoms with Crippen LogP contribution in [-0.2, 0) is 16.1 Å². The van der Waals surface area contributed by atoms with E-state index in [4.69, 9.17) is 14.2 Å². The van der Waals surface area contributed by atoms with Gasteiger partial charge in [0, 0.05) is 17.7 Å². The molecule has 0 spiro atoms. The van der Waals surface area contributed by atoms with Gasteiger partial charge in [-0.2, -0.15) is 0 Å². The smallest absolute Gasteiger partial charge is 0.159 e. The molecule has 0 unspecified atom stereocenters. The normalized spacial score (nSPS) is 10.5. The Bertz CT molecular complexity index is 401. The number of rotatable bonds is 9. The molecule has 19 heavy (non-hydrogen) atoms. The van der Waals surface area contributed by atoms with Crippen molar-refractivity contribution in [1.82, 2.24) is 0 Å². The minimum atomic E-state index is 0.0404. The molecular weight excluding hydrogens is 244 g/mol. The van der Waals surface area contributed by atoms with Crippen molar-refractivity contribution in [2.75, 3.05) is 26.4 Å². The number of benzene rings is 1. The minimum Gasteiger partial charge on any atom is -0.494 e. The maximum Gasteiger partial charge on any atom is 0.159 e. The van der Waals surface area contributed by atoms with Crippen molar-refractivity contribution in [2.45, 2.75) is 27.4 Å². The summed E-state index contributed by atoms with van der Waals surface area (Å²) in [6, 6.07) is 5.42. The molecule has 4 nitrogen and oxygen atoms in total. The van der Waals surface area contributed by atoms with E-state index in [0.29, 0.717) is 38.6 Å². The van der Waals surface area contributed by atoms with Crippen LogP contribution in [0.15, 0.2) is 18.2 Å². The van der Waals surface area contributed by atoms with E-state index in [0.717, 1.165) is 11.3 Å². The molecule has 4 heteroatoms. The molecule has 1 rings (SSSR count). The lowest BCUT2D eigenvalue weighted by atomic mass is 10.1. The molecule has 106 valence electrons. The summed E-state index contributed by atoms with van der Waals surface area (Å²) in [4.78, 5) is 11.4. The van der Waals surface area contributed by atoms with Crippen LogP contribution in [0.1, 0.15) is 36.7 Å². The lowest BCUT2D eigenvalue weighted by molar-refractivity contribution is 0.0444. The van der Waals surface area contributed by atoms with Crippen LogP contribution in [0.2, 0.25) is 0 Å². The third kappa shape index (κ3) is 5.41. The highest BCUT2D eigenvalue weighted by molar-refractivity contribution is 5.94. The van der Waals surface area contributed by atoms with E-state index in [2.05, 4.69) is 0 Å². The zero-order valence-electron chi connectivity index (χ0n) is 11.9. The zero-order valence-corrected chi connectivity index (χ0v) is 11.9. The lowest BCUT2D eigenvalue weighted by Gasteiger charge is -2.12.